The number of anilines is 1. The molecular weight excluding hydrogens is 270 g/mol. The Morgan fingerprint density at radius 1 is 1.29 bits per heavy atom. The summed E-state index contributed by atoms with van der Waals surface area (Å²) in [6, 6.07) is 5.27. The number of carbonyl (C=O) groups is 2. The first-order chi connectivity index (χ1) is 9.97. The number of carbonyl (C=O) groups excluding carboxylic acids is 2. The summed E-state index contributed by atoms with van der Waals surface area (Å²) in [7, 11) is 1.34. The molecule has 0 aliphatic carbocycles. The standard InChI is InChI=1S/C16H17NO4/c1-8-6-5-7-11-12(8)15-14(17(11)16(19)20-4)13(9(2)18)10(3)21-15/h5-7,14-15H,1-4H3/t14-,15-/m0/s1. The minimum atomic E-state index is -0.480. The molecule has 5 nitrogen and oxygen atoms in total. The van der Waals surface area contributed by atoms with Gasteiger partial charge in [0.05, 0.1) is 18.4 Å². The number of ketones is 1. The highest BCUT2D eigenvalue weighted by Crippen LogP contribution is 2.51. The molecule has 2 atom stereocenters. The molecule has 0 saturated heterocycles. The van der Waals surface area contributed by atoms with Gasteiger partial charge < -0.3 is 9.47 Å². The van der Waals surface area contributed by atoms with E-state index in [1.54, 1.807) is 6.92 Å². The number of rotatable bonds is 1. The summed E-state index contributed by atoms with van der Waals surface area (Å²) in [5.41, 5.74) is 3.28. The minimum Gasteiger partial charge on any atom is -0.487 e. The Morgan fingerprint density at radius 2 is 2.00 bits per heavy atom. The number of nitrogens with zero attached hydrogens (tertiary/aromatic N) is 1. The molecule has 3 rings (SSSR count). The van der Waals surface area contributed by atoms with Gasteiger partial charge in [-0.3, -0.25) is 9.69 Å². The van der Waals surface area contributed by atoms with E-state index >= 15 is 0 Å². The third-order valence-corrected chi connectivity index (χ3v) is 4.14. The van der Waals surface area contributed by atoms with Crippen molar-refractivity contribution >= 4 is 17.6 Å². The molecule has 0 fully saturated rings. The minimum absolute atomic E-state index is 0.0839. The number of amides is 1. The monoisotopic (exact) mass is 287 g/mol. The summed E-state index contributed by atoms with van der Waals surface area (Å²) in [5.74, 6) is 0.500. The van der Waals surface area contributed by atoms with Crippen LogP contribution in [0, 0.1) is 6.92 Å². The summed E-state index contributed by atoms with van der Waals surface area (Å²) < 4.78 is 10.8. The first-order valence-corrected chi connectivity index (χ1v) is 6.82. The summed E-state index contributed by atoms with van der Waals surface area (Å²) in [6.07, 6.45) is -0.814. The molecule has 110 valence electrons. The first kappa shape index (κ1) is 13.7. The van der Waals surface area contributed by atoms with E-state index in [9.17, 15) is 9.59 Å². The normalized spacial score (nSPS) is 22.8. The quantitative estimate of drug-likeness (QED) is 0.797. The van der Waals surface area contributed by atoms with Crippen LogP contribution in [0.1, 0.15) is 31.1 Å². The van der Waals surface area contributed by atoms with Crippen LogP contribution in [-0.2, 0) is 14.3 Å². The first-order valence-electron chi connectivity index (χ1n) is 6.82. The van der Waals surface area contributed by atoms with Crippen LogP contribution in [-0.4, -0.2) is 25.0 Å². The van der Waals surface area contributed by atoms with E-state index in [1.165, 1.54) is 18.9 Å². The number of fused-ring (bicyclic) bond motifs is 3. The van der Waals surface area contributed by atoms with Crippen LogP contribution in [0.4, 0.5) is 10.5 Å². The van der Waals surface area contributed by atoms with Gasteiger partial charge in [-0.25, -0.2) is 4.79 Å². The number of hydrogen-bond donors (Lipinski definition) is 0. The maximum atomic E-state index is 12.2. The summed E-state index contributed by atoms with van der Waals surface area (Å²) in [6.45, 7) is 5.24. The Kier molecular flexibility index (Phi) is 3.01. The summed E-state index contributed by atoms with van der Waals surface area (Å²) in [5, 5.41) is 0. The van der Waals surface area contributed by atoms with Crippen molar-refractivity contribution in [1.29, 1.82) is 0 Å². The molecule has 2 heterocycles. The molecule has 2 aliphatic rings. The smallest absolute Gasteiger partial charge is 0.414 e. The van der Waals surface area contributed by atoms with E-state index in [0.29, 0.717) is 11.3 Å². The lowest BCUT2D eigenvalue weighted by molar-refractivity contribution is -0.113. The van der Waals surface area contributed by atoms with Crippen molar-refractivity contribution in [1.82, 2.24) is 0 Å². The van der Waals surface area contributed by atoms with E-state index in [0.717, 1.165) is 16.8 Å². The number of Topliss-reactive ketones (excluding diaryl/α,β-unsaturated/α-hetero) is 1. The molecule has 0 aromatic heterocycles. The van der Waals surface area contributed by atoms with E-state index in [2.05, 4.69) is 0 Å². The average molecular weight is 287 g/mol. The second-order valence-corrected chi connectivity index (χ2v) is 5.36. The summed E-state index contributed by atoms with van der Waals surface area (Å²) >= 11 is 0. The number of benzene rings is 1. The van der Waals surface area contributed by atoms with Crippen molar-refractivity contribution in [2.45, 2.75) is 32.9 Å². The van der Waals surface area contributed by atoms with Gasteiger partial charge in [-0.05, 0) is 32.4 Å². The number of hydrogen-bond acceptors (Lipinski definition) is 4. The van der Waals surface area contributed by atoms with Crippen molar-refractivity contribution in [3.8, 4) is 0 Å². The third kappa shape index (κ3) is 1.77. The van der Waals surface area contributed by atoms with Crippen molar-refractivity contribution in [2.75, 3.05) is 12.0 Å². The van der Waals surface area contributed by atoms with Crippen LogP contribution in [0.5, 0.6) is 0 Å². The van der Waals surface area contributed by atoms with Crippen LogP contribution in [0.3, 0.4) is 0 Å². The average Bonchev–Trinajstić information content (AvgIpc) is 2.90. The number of ether oxygens (including phenoxy) is 2. The summed E-state index contributed by atoms with van der Waals surface area (Å²) in [4.78, 5) is 25.7. The van der Waals surface area contributed by atoms with Gasteiger partial charge in [-0.1, -0.05) is 12.1 Å². The number of aryl methyl sites for hydroxylation is 1. The number of allylic oxidation sites excluding steroid dienone is 1. The molecule has 1 amide bonds. The fraction of sp³-hybridized carbons (Fsp3) is 0.375. The van der Waals surface area contributed by atoms with Crippen LogP contribution in [0.2, 0.25) is 0 Å². The van der Waals surface area contributed by atoms with Gasteiger partial charge in [-0.15, -0.1) is 0 Å². The lowest BCUT2D eigenvalue weighted by Crippen LogP contribution is -2.40. The SMILES string of the molecule is COC(=O)N1c2cccc(C)c2[C@@H]2OC(C)=C(C(C)=O)[C@@H]21. The second kappa shape index (κ2) is 4.62. The fourth-order valence-electron chi connectivity index (χ4n) is 3.32. The predicted octanol–water partition coefficient (Wildman–Crippen LogP) is 2.88. The molecule has 0 bridgehead atoms. The predicted molar refractivity (Wildman–Crippen MR) is 77.1 cm³/mol. The Bertz CT molecular complexity index is 677. The molecule has 1 aromatic carbocycles. The Morgan fingerprint density at radius 3 is 2.62 bits per heavy atom. The zero-order valence-electron chi connectivity index (χ0n) is 12.5. The molecule has 0 saturated carbocycles. The zero-order chi connectivity index (χ0) is 15.3. The van der Waals surface area contributed by atoms with E-state index in [4.69, 9.17) is 9.47 Å². The molecule has 0 radical (unpaired) electrons. The van der Waals surface area contributed by atoms with Gasteiger partial charge in [-0.2, -0.15) is 0 Å². The number of methoxy groups -OCH3 is 1. The van der Waals surface area contributed by atoms with Gasteiger partial charge in [0, 0.05) is 5.56 Å². The second-order valence-electron chi connectivity index (χ2n) is 5.36. The van der Waals surface area contributed by atoms with Crippen LogP contribution in [0.25, 0.3) is 0 Å². The van der Waals surface area contributed by atoms with Gasteiger partial charge in [0.1, 0.15) is 11.8 Å². The van der Waals surface area contributed by atoms with E-state index < -0.39 is 12.1 Å². The Hall–Kier alpha value is -2.30. The van der Waals surface area contributed by atoms with Crippen molar-refractivity contribution in [3.63, 3.8) is 0 Å². The van der Waals surface area contributed by atoms with Crippen molar-refractivity contribution in [3.05, 3.63) is 40.7 Å². The highest BCUT2D eigenvalue weighted by molar-refractivity contribution is 6.02. The van der Waals surface area contributed by atoms with Gasteiger partial charge in [0.25, 0.3) is 0 Å². The van der Waals surface area contributed by atoms with Crippen LogP contribution < -0.4 is 4.90 Å². The molecule has 0 N–H and O–H groups in total. The highest BCUT2D eigenvalue weighted by atomic mass is 16.5. The highest BCUT2D eigenvalue weighted by Gasteiger charge is 2.51. The van der Waals surface area contributed by atoms with Gasteiger partial charge in [0.15, 0.2) is 11.9 Å². The zero-order valence-corrected chi connectivity index (χ0v) is 12.5. The maximum absolute atomic E-state index is 12.2. The van der Waals surface area contributed by atoms with Crippen molar-refractivity contribution in [2.24, 2.45) is 0 Å². The molecule has 0 spiro atoms. The van der Waals surface area contributed by atoms with Gasteiger partial charge >= 0.3 is 6.09 Å². The van der Waals surface area contributed by atoms with E-state index in [-0.39, 0.29) is 11.9 Å². The Balaban J connectivity index is 2.20. The largest absolute Gasteiger partial charge is 0.487 e. The molecule has 21 heavy (non-hydrogen) atoms. The van der Waals surface area contributed by atoms with Crippen LogP contribution in [0.15, 0.2) is 29.5 Å². The maximum Gasteiger partial charge on any atom is 0.414 e. The van der Waals surface area contributed by atoms with Crippen molar-refractivity contribution < 1.29 is 19.1 Å². The lowest BCUT2D eigenvalue weighted by atomic mass is 9.96. The third-order valence-electron chi connectivity index (χ3n) is 4.14. The van der Waals surface area contributed by atoms with Gasteiger partial charge in [0.2, 0.25) is 0 Å². The van der Waals surface area contributed by atoms with E-state index in [1.807, 2.05) is 25.1 Å². The van der Waals surface area contributed by atoms with Crippen LogP contribution >= 0.6 is 0 Å². The molecule has 2 aliphatic heterocycles. The molecule has 1 aromatic rings. The lowest BCUT2D eigenvalue weighted by Gasteiger charge is -2.23. The molecule has 0 unspecified atom stereocenters. The fourth-order valence-corrected chi connectivity index (χ4v) is 3.32. The topological polar surface area (TPSA) is 55.8 Å². The molecule has 5 heteroatoms. The Labute approximate surface area is 123 Å². The molecular formula is C16H17NO4.